The van der Waals surface area contributed by atoms with Crippen LogP contribution in [0, 0.1) is 12.8 Å². The zero-order valence-corrected chi connectivity index (χ0v) is 12.6. The highest BCUT2D eigenvalue weighted by Crippen LogP contribution is 2.19. The van der Waals surface area contributed by atoms with E-state index >= 15 is 0 Å². The molecule has 1 aromatic rings. The van der Waals surface area contributed by atoms with Gasteiger partial charge in [-0.1, -0.05) is 0 Å². The second-order valence-corrected chi connectivity index (χ2v) is 7.19. The van der Waals surface area contributed by atoms with Crippen LogP contribution in [0.4, 0.5) is 0 Å². The minimum atomic E-state index is 0.784. The molecule has 0 unspecified atom stereocenters. The Morgan fingerprint density at radius 3 is 2.63 bits per heavy atom. The molecule has 1 atom stereocenters. The van der Waals surface area contributed by atoms with Crippen LogP contribution in [-0.4, -0.2) is 55.7 Å². The summed E-state index contributed by atoms with van der Waals surface area (Å²) in [5.74, 6) is 0.784. The van der Waals surface area contributed by atoms with E-state index in [-0.39, 0.29) is 0 Å². The first kappa shape index (κ1) is 13.6. The highest BCUT2D eigenvalue weighted by molar-refractivity contribution is 7.11. The van der Waals surface area contributed by atoms with E-state index in [1.165, 1.54) is 48.9 Å². The molecule has 0 saturated carbocycles. The van der Waals surface area contributed by atoms with Gasteiger partial charge in [0.2, 0.25) is 0 Å². The van der Waals surface area contributed by atoms with Crippen LogP contribution < -0.4 is 0 Å². The quantitative estimate of drug-likeness (QED) is 0.841. The third-order valence-corrected chi connectivity index (χ3v) is 5.17. The fraction of sp³-hybridized carbons (Fsp3) is 0.733. The molecule has 4 heteroatoms. The van der Waals surface area contributed by atoms with Crippen LogP contribution in [-0.2, 0) is 11.3 Å². The monoisotopic (exact) mass is 280 g/mol. The molecule has 0 aliphatic carbocycles. The summed E-state index contributed by atoms with van der Waals surface area (Å²) in [5.41, 5.74) is 0. The summed E-state index contributed by atoms with van der Waals surface area (Å²) in [4.78, 5) is 8.15. The number of thiophene rings is 1. The van der Waals surface area contributed by atoms with Crippen molar-refractivity contribution in [3.05, 3.63) is 21.9 Å². The Kier molecular flexibility index (Phi) is 4.53. The largest absolute Gasteiger partial charge is 0.381 e. The van der Waals surface area contributed by atoms with Gasteiger partial charge in [0.25, 0.3) is 0 Å². The number of rotatable bonds is 4. The maximum absolute atomic E-state index is 5.47. The molecule has 0 bridgehead atoms. The van der Waals surface area contributed by atoms with Crippen LogP contribution >= 0.6 is 11.3 Å². The van der Waals surface area contributed by atoms with E-state index in [0.29, 0.717) is 0 Å². The van der Waals surface area contributed by atoms with E-state index in [0.717, 1.165) is 25.7 Å². The average molecular weight is 280 g/mol. The van der Waals surface area contributed by atoms with Crippen molar-refractivity contribution in [3.63, 3.8) is 0 Å². The van der Waals surface area contributed by atoms with Gasteiger partial charge in [-0.3, -0.25) is 4.90 Å². The van der Waals surface area contributed by atoms with Gasteiger partial charge in [-0.25, -0.2) is 0 Å². The number of hydrogen-bond acceptors (Lipinski definition) is 4. The van der Waals surface area contributed by atoms with Crippen LogP contribution in [0.5, 0.6) is 0 Å². The van der Waals surface area contributed by atoms with Gasteiger partial charge < -0.3 is 9.64 Å². The molecule has 0 radical (unpaired) electrons. The molecule has 0 amide bonds. The molecule has 3 nitrogen and oxygen atoms in total. The highest BCUT2D eigenvalue weighted by Gasteiger charge is 2.22. The van der Waals surface area contributed by atoms with E-state index < -0.39 is 0 Å². The Morgan fingerprint density at radius 1 is 1.21 bits per heavy atom. The first-order valence-corrected chi connectivity index (χ1v) is 8.19. The molecule has 1 aromatic heterocycles. The molecular formula is C15H24N2OS. The molecule has 0 aromatic carbocycles. The molecule has 19 heavy (non-hydrogen) atoms. The summed E-state index contributed by atoms with van der Waals surface area (Å²) < 4.78 is 5.47. The number of nitrogens with zero attached hydrogens (tertiary/aromatic N) is 2. The predicted molar refractivity (Wildman–Crippen MR) is 79.7 cm³/mol. The summed E-state index contributed by atoms with van der Waals surface area (Å²) in [6, 6.07) is 4.51. The van der Waals surface area contributed by atoms with E-state index in [1.54, 1.807) is 0 Å². The van der Waals surface area contributed by atoms with Gasteiger partial charge in [-0.2, -0.15) is 0 Å². The van der Waals surface area contributed by atoms with E-state index in [2.05, 4.69) is 28.9 Å². The van der Waals surface area contributed by atoms with Gasteiger partial charge in [-0.05, 0) is 31.4 Å². The number of hydrogen-bond donors (Lipinski definition) is 0. The van der Waals surface area contributed by atoms with Gasteiger partial charge in [0.1, 0.15) is 0 Å². The summed E-state index contributed by atoms with van der Waals surface area (Å²) in [5, 5.41) is 0. The van der Waals surface area contributed by atoms with E-state index in [1.807, 2.05) is 11.3 Å². The summed E-state index contributed by atoms with van der Waals surface area (Å²) in [6.45, 7) is 11.4. The van der Waals surface area contributed by atoms with Crippen molar-refractivity contribution in [1.29, 1.82) is 0 Å². The van der Waals surface area contributed by atoms with Crippen molar-refractivity contribution in [3.8, 4) is 0 Å². The lowest BCUT2D eigenvalue weighted by molar-refractivity contribution is 0.107. The molecule has 3 rings (SSSR count). The second-order valence-electron chi connectivity index (χ2n) is 5.82. The van der Waals surface area contributed by atoms with Crippen molar-refractivity contribution in [1.82, 2.24) is 9.80 Å². The van der Waals surface area contributed by atoms with E-state index in [4.69, 9.17) is 4.74 Å². The van der Waals surface area contributed by atoms with Crippen LogP contribution in [0.2, 0.25) is 0 Å². The third kappa shape index (κ3) is 3.78. The van der Waals surface area contributed by atoms with Gasteiger partial charge in [0, 0.05) is 55.6 Å². The molecule has 2 fully saturated rings. The van der Waals surface area contributed by atoms with Gasteiger partial charge in [0.05, 0.1) is 6.61 Å². The molecule has 3 heterocycles. The van der Waals surface area contributed by atoms with Crippen molar-refractivity contribution in [2.75, 3.05) is 45.9 Å². The number of piperazine rings is 1. The summed E-state index contributed by atoms with van der Waals surface area (Å²) >= 11 is 1.94. The standard InChI is InChI=1S/C15H24N2OS/c1-13-2-3-15(19-13)11-17-7-5-16(6-8-17)10-14-4-9-18-12-14/h2-3,14H,4-12H2,1H3/t14-/m1/s1. The fourth-order valence-electron chi connectivity index (χ4n) is 3.01. The maximum Gasteiger partial charge on any atom is 0.0507 e. The number of ether oxygens (including phenoxy) is 1. The molecular weight excluding hydrogens is 256 g/mol. The average Bonchev–Trinajstić information content (AvgIpc) is 3.04. The lowest BCUT2D eigenvalue weighted by atomic mass is 10.1. The van der Waals surface area contributed by atoms with Crippen molar-refractivity contribution in [2.24, 2.45) is 5.92 Å². The zero-order valence-electron chi connectivity index (χ0n) is 11.8. The minimum Gasteiger partial charge on any atom is -0.381 e. The van der Waals surface area contributed by atoms with Crippen LogP contribution in [0.1, 0.15) is 16.2 Å². The maximum atomic E-state index is 5.47. The SMILES string of the molecule is Cc1ccc(CN2CCN(C[C@H]3CCOC3)CC2)s1. The van der Waals surface area contributed by atoms with Gasteiger partial charge >= 0.3 is 0 Å². The Bertz CT molecular complexity index is 393. The molecule has 2 aliphatic heterocycles. The molecule has 2 saturated heterocycles. The van der Waals surface area contributed by atoms with Crippen molar-refractivity contribution in [2.45, 2.75) is 19.9 Å². The van der Waals surface area contributed by atoms with Crippen LogP contribution in [0.25, 0.3) is 0 Å². The van der Waals surface area contributed by atoms with Crippen molar-refractivity contribution >= 4 is 11.3 Å². The molecule has 106 valence electrons. The van der Waals surface area contributed by atoms with Crippen LogP contribution in [0.15, 0.2) is 12.1 Å². The number of aryl methyl sites for hydroxylation is 1. The topological polar surface area (TPSA) is 15.7 Å². The summed E-state index contributed by atoms with van der Waals surface area (Å²) in [6.07, 6.45) is 1.26. The lowest BCUT2D eigenvalue weighted by Gasteiger charge is -2.35. The highest BCUT2D eigenvalue weighted by atomic mass is 32.1. The predicted octanol–water partition coefficient (Wildman–Crippen LogP) is 2.21. The Labute approximate surface area is 120 Å². The van der Waals surface area contributed by atoms with Crippen LogP contribution in [0.3, 0.4) is 0 Å². The van der Waals surface area contributed by atoms with E-state index in [9.17, 15) is 0 Å². The first-order chi connectivity index (χ1) is 9.29. The molecule has 0 N–H and O–H groups in total. The first-order valence-electron chi connectivity index (χ1n) is 7.37. The van der Waals surface area contributed by atoms with Gasteiger partial charge in [0.15, 0.2) is 0 Å². The smallest absolute Gasteiger partial charge is 0.0507 e. The minimum absolute atomic E-state index is 0.784. The van der Waals surface area contributed by atoms with Gasteiger partial charge in [-0.15, -0.1) is 11.3 Å². The summed E-state index contributed by atoms with van der Waals surface area (Å²) in [7, 11) is 0. The normalized spacial score (nSPS) is 26.1. The second kappa shape index (κ2) is 6.35. The lowest BCUT2D eigenvalue weighted by Crippen LogP contribution is -2.47. The van der Waals surface area contributed by atoms with Crippen molar-refractivity contribution < 1.29 is 4.74 Å². The third-order valence-electron chi connectivity index (χ3n) is 4.18. The Hall–Kier alpha value is -0.420. The molecule has 0 spiro atoms. The Morgan fingerprint density at radius 2 is 2.00 bits per heavy atom. The Balaban J connectivity index is 1.41. The molecule has 2 aliphatic rings. The fourth-order valence-corrected chi connectivity index (χ4v) is 3.95. The zero-order chi connectivity index (χ0) is 13.1.